The molecule has 4 aliphatic heterocycles. The molecule has 6 N–H and O–H groups in total. The zero-order valence-corrected chi connectivity index (χ0v) is 43.4. The number of ether oxygens (including phenoxy) is 1. The Morgan fingerprint density at radius 1 is 0.919 bits per heavy atom. The second kappa shape index (κ2) is 21.1. The van der Waals surface area contributed by atoms with Gasteiger partial charge in [-0.15, -0.1) is 21.5 Å². The number of anilines is 4. The maximum atomic E-state index is 13.9. The molecular weight excluding hydrogens is 957 g/mol. The predicted molar refractivity (Wildman–Crippen MR) is 285 cm³/mol. The number of rotatable bonds is 16. The molecule has 8 heterocycles. The number of nitrogens with two attached hydrogens (primary N) is 1. The molecule has 2 aromatic carbocycles. The normalized spacial score (nSPS) is 24.5. The van der Waals surface area contributed by atoms with Crippen LogP contribution in [0.25, 0.3) is 21.7 Å². The minimum atomic E-state index is -1.07. The van der Waals surface area contributed by atoms with Crippen LogP contribution in [0.4, 0.5) is 23.0 Å². The van der Waals surface area contributed by atoms with Crippen molar-refractivity contribution in [1.82, 2.24) is 40.4 Å². The number of β-amino-alcohol motifs (C(OH)–C–C–N with tert-alkyl or cyclic N) is 1. The van der Waals surface area contributed by atoms with Gasteiger partial charge in [-0.05, 0) is 93.2 Å². The molecule has 0 spiro atoms. The number of aliphatic hydroxyl groups is 2. The number of fused-ring (bicyclic) bond motifs is 2. The van der Waals surface area contributed by atoms with Gasteiger partial charge in [-0.3, -0.25) is 14.6 Å². The van der Waals surface area contributed by atoms with Crippen LogP contribution in [-0.2, 0) is 4.79 Å². The van der Waals surface area contributed by atoms with E-state index < -0.39 is 24.3 Å². The number of para-hydroxylation sites is 1. The van der Waals surface area contributed by atoms with Gasteiger partial charge in [0, 0.05) is 94.0 Å². The van der Waals surface area contributed by atoms with Gasteiger partial charge >= 0.3 is 0 Å². The fraction of sp³-hybridized carbons (Fsp3) is 0.491. The van der Waals surface area contributed by atoms with Gasteiger partial charge in [0.1, 0.15) is 23.8 Å². The van der Waals surface area contributed by atoms with Crippen molar-refractivity contribution < 1.29 is 29.4 Å². The molecule has 7 atom stereocenters. The van der Waals surface area contributed by atoms with Gasteiger partial charge in [0.25, 0.3) is 0 Å². The molecule has 5 aliphatic rings. The van der Waals surface area contributed by atoms with E-state index in [2.05, 4.69) is 74.5 Å². The first-order valence-electron chi connectivity index (χ1n) is 26.3. The van der Waals surface area contributed by atoms with Gasteiger partial charge in [0.2, 0.25) is 11.8 Å². The van der Waals surface area contributed by atoms with E-state index >= 15 is 0 Å². The van der Waals surface area contributed by atoms with Crippen LogP contribution in [0.1, 0.15) is 81.9 Å². The molecule has 1 amide bonds. The summed E-state index contributed by atoms with van der Waals surface area (Å²) < 4.78 is 12.5. The number of thiazole rings is 1. The highest BCUT2D eigenvalue weighted by atomic mass is 32.1. The molecule has 4 saturated heterocycles. The summed E-state index contributed by atoms with van der Waals surface area (Å²) in [6, 6.07) is 23.0. The van der Waals surface area contributed by atoms with Crippen LogP contribution in [0.3, 0.4) is 0 Å². The average molecular weight is 1030 g/mol. The van der Waals surface area contributed by atoms with Crippen molar-refractivity contribution >= 4 is 40.3 Å². The Kier molecular flexibility index (Phi) is 14.2. The Bertz CT molecular complexity index is 2890. The minimum Gasteiger partial charge on any atom is -0.507 e. The quantitative estimate of drug-likeness (QED) is 0.0703. The molecular formula is C55H68N12O6S. The summed E-state index contributed by atoms with van der Waals surface area (Å²) in [7, 11) is 0. The molecule has 3 unspecified atom stereocenters. The van der Waals surface area contributed by atoms with Crippen molar-refractivity contribution in [3.63, 3.8) is 0 Å². The number of pyridine rings is 1. The van der Waals surface area contributed by atoms with Crippen molar-refractivity contribution in [3.05, 3.63) is 102 Å². The Morgan fingerprint density at radius 3 is 2.39 bits per heavy atom. The predicted octanol–water partition coefficient (Wildman–Crippen LogP) is 6.45. The Morgan fingerprint density at radius 2 is 1.68 bits per heavy atom. The second-order valence-corrected chi connectivity index (χ2v) is 22.3. The number of aromatic nitrogens is 5. The number of nitrogens with zero attached hydrogens (tertiary/aromatic N) is 10. The number of phenolic OH excluding ortho intramolecular Hbond substituents is 1. The third kappa shape index (κ3) is 10.2. The van der Waals surface area contributed by atoms with Crippen molar-refractivity contribution in [2.24, 2.45) is 11.8 Å². The standard InChI is InChI=1S/C55H68N12O6S/c1-32(2)51(55(71)66-30-41(68)24-46(66)54(70)59-33(3)36-9-11-37(12-10-36)52-34(4)58-31-74-52)48-26-49(62-73-48)64-19-17-63(18-20-64)27-35-21-42(22-35)72-50-23-38(15-16-57-50)67-39-13-14-40(67)29-65(28-39)45-25-44(60-61-53(45)56)43-7-5-6-8-47(43)69/h5-12,15-16,23,25-26,31-33,35,39-42,46,51,55,68-69,71H,13-14,17-22,24,27-30H2,1-4H3,(H2,56,61)(H,59,70)/t33-,35?,39?,40?,41+,42?,46-,51-,55?/m0/s1. The van der Waals surface area contributed by atoms with Crippen LogP contribution in [0.5, 0.6) is 11.6 Å². The number of amides is 1. The minimum absolute atomic E-state index is 0.0409. The number of hydrogen-bond acceptors (Lipinski definition) is 18. The number of aryl methyl sites for hydroxylation is 1. The zero-order valence-electron chi connectivity index (χ0n) is 42.6. The lowest BCUT2D eigenvalue weighted by Gasteiger charge is -2.43. The molecule has 74 heavy (non-hydrogen) atoms. The highest BCUT2D eigenvalue weighted by Crippen LogP contribution is 2.41. The number of aliphatic hydroxyl groups excluding tert-OH is 2. The molecule has 4 aromatic heterocycles. The fourth-order valence-electron chi connectivity index (χ4n) is 12.1. The lowest BCUT2D eigenvalue weighted by atomic mass is 9.82. The SMILES string of the molecule is Cc1ncsc1-c1ccc([C@H](C)NC(=O)[C@@H]2C[C@@H](O)CN2C(O)[C@H](c2cc(N3CCN(CC4CC(Oc5cc(N6C7CCC6CN(c6cc(-c8ccccc8O)nnc6N)C7)ccn5)C4)CC3)no2)C(C)C)cc1. The van der Waals surface area contributed by atoms with Gasteiger partial charge in [-0.25, -0.2) is 9.97 Å². The number of piperazine rings is 2. The smallest absolute Gasteiger partial charge is 0.238 e. The van der Waals surface area contributed by atoms with E-state index in [-0.39, 0.29) is 42.7 Å². The Balaban J connectivity index is 0.641. The van der Waals surface area contributed by atoms with E-state index in [1.165, 1.54) is 0 Å². The van der Waals surface area contributed by atoms with E-state index in [1.54, 1.807) is 28.4 Å². The van der Waals surface area contributed by atoms with Crippen LogP contribution in [0.2, 0.25) is 0 Å². The molecule has 2 bridgehead atoms. The van der Waals surface area contributed by atoms with Crippen molar-refractivity contribution in [3.8, 4) is 33.3 Å². The summed E-state index contributed by atoms with van der Waals surface area (Å²) in [4.78, 5) is 35.3. The monoisotopic (exact) mass is 1020 g/mol. The highest BCUT2D eigenvalue weighted by molar-refractivity contribution is 7.13. The number of hydrogen-bond donors (Lipinski definition) is 5. The molecule has 1 saturated carbocycles. The summed E-state index contributed by atoms with van der Waals surface area (Å²) in [6.45, 7) is 14.2. The summed E-state index contributed by atoms with van der Waals surface area (Å²) in [6.07, 6.45) is 4.53. The number of benzene rings is 2. The number of nitrogens with one attached hydrogen (secondary N) is 1. The second-order valence-electron chi connectivity index (χ2n) is 21.4. The number of carbonyl (C=O) groups excluding carboxylic acids is 1. The fourth-order valence-corrected chi connectivity index (χ4v) is 12.9. The van der Waals surface area contributed by atoms with Crippen LogP contribution < -0.4 is 30.5 Å². The van der Waals surface area contributed by atoms with Crippen LogP contribution in [0.15, 0.2) is 89.0 Å². The molecule has 6 aromatic rings. The van der Waals surface area contributed by atoms with Gasteiger partial charge in [0.05, 0.1) is 51.6 Å². The molecule has 390 valence electrons. The number of aromatic hydroxyl groups is 1. The lowest BCUT2D eigenvalue weighted by molar-refractivity contribution is -0.131. The number of carbonyl (C=O) groups is 1. The molecule has 11 rings (SSSR count). The Hall–Kier alpha value is -6.38. The van der Waals surface area contributed by atoms with Gasteiger partial charge in [-0.1, -0.05) is 55.4 Å². The van der Waals surface area contributed by atoms with Crippen LogP contribution in [-0.4, -0.2) is 145 Å². The third-order valence-electron chi connectivity index (χ3n) is 16.1. The summed E-state index contributed by atoms with van der Waals surface area (Å²) in [5, 5.41) is 49.5. The molecule has 19 heteroatoms. The summed E-state index contributed by atoms with van der Waals surface area (Å²) in [5.41, 5.74) is 14.5. The van der Waals surface area contributed by atoms with E-state index in [4.69, 9.17) is 15.0 Å². The molecule has 5 fully saturated rings. The zero-order chi connectivity index (χ0) is 51.2. The molecule has 1 aliphatic carbocycles. The largest absolute Gasteiger partial charge is 0.507 e. The summed E-state index contributed by atoms with van der Waals surface area (Å²) >= 11 is 1.61. The van der Waals surface area contributed by atoms with Gasteiger partial charge < -0.3 is 50.3 Å². The van der Waals surface area contributed by atoms with Crippen LogP contribution >= 0.6 is 11.3 Å². The van der Waals surface area contributed by atoms with Crippen molar-refractivity contribution in [1.29, 1.82) is 0 Å². The first kappa shape index (κ1) is 49.8. The third-order valence-corrected chi connectivity index (χ3v) is 17.1. The van der Waals surface area contributed by atoms with E-state index in [9.17, 15) is 20.1 Å². The van der Waals surface area contributed by atoms with Crippen LogP contribution in [0, 0.1) is 18.8 Å². The van der Waals surface area contributed by atoms with E-state index in [1.807, 2.05) is 75.8 Å². The Labute approximate surface area is 436 Å². The maximum absolute atomic E-state index is 13.9. The molecule has 18 nitrogen and oxygen atoms in total. The van der Waals surface area contributed by atoms with Gasteiger partial charge in [-0.2, -0.15) is 0 Å². The number of likely N-dealkylation sites (tertiary alicyclic amines) is 1. The van der Waals surface area contributed by atoms with E-state index in [0.717, 1.165) is 110 Å². The number of phenols is 1. The molecule has 0 radical (unpaired) electrons. The first-order valence-corrected chi connectivity index (χ1v) is 27.2. The number of nitrogen functional groups attached to an aromatic ring is 1. The average Bonchev–Trinajstić information content (AvgIpc) is 4.20. The van der Waals surface area contributed by atoms with Gasteiger partial charge in [0.15, 0.2) is 11.6 Å². The summed E-state index contributed by atoms with van der Waals surface area (Å²) in [5.74, 6) is 2.34. The topological polar surface area (TPSA) is 219 Å². The van der Waals surface area contributed by atoms with E-state index in [0.29, 0.717) is 46.7 Å². The first-order chi connectivity index (χ1) is 35.8. The lowest BCUT2D eigenvalue weighted by Crippen LogP contribution is -2.54. The van der Waals surface area contributed by atoms with Crippen molar-refractivity contribution in [2.75, 3.05) is 72.8 Å². The maximum Gasteiger partial charge on any atom is 0.238 e. The highest BCUT2D eigenvalue weighted by Gasteiger charge is 2.45. The van der Waals surface area contributed by atoms with Crippen molar-refractivity contribution in [2.45, 2.75) is 108 Å².